The molecule has 0 radical (unpaired) electrons. The summed E-state index contributed by atoms with van der Waals surface area (Å²) in [5, 5.41) is 16.7. The van der Waals surface area contributed by atoms with Crippen LogP contribution in [0.3, 0.4) is 0 Å². The summed E-state index contributed by atoms with van der Waals surface area (Å²) in [6.45, 7) is 3.72. The van der Waals surface area contributed by atoms with Crippen molar-refractivity contribution in [3.8, 4) is 0 Å². The Balaban J connectivity index is 3.03. The van der Waals surface area contributed by atoms with Crippen molar-refractivity contribution in [2.45, 2.75) is 30.8 Å². The lowest BCUT2D eigenvalue weighted by molar-refractivity contribution is -0.133. The van der Waals surface area contributed by atoms with Crippen LogP contribution in [0.2, 0.25) is 0 Å². The van der Waals surface area contributed by atoms with E-state index in [9.17, 15) is 13.2 Å². The van der Waals surface area contributed by atoms with Gasteiger partial charge in [-0.15, -0.1) is 10.2 Å². The fourth-order valence-electron chi connectivity index (χ4n) is 1.38. The van der Waals surface area contributed by atoms with Gasteiger partial charge in [-0.3, -0.25) is 4.79 Å². The molecule has 9 heteroatoms. The molecule has 0 saturated carbocycles. The average Bonchev–Trinajstić information content (AvgIpc) is 2.55. The van der Waals surface area contributed by atoms with Crippen molar-refractivity contribution < 1.29 is 18.3 Å². The zero-order chi connectivity index (χ0) is 13.9. The largest absolute Gasteiger partial charge is 0.481 e. The molecule has 18 heavy (non-hydrogen) atoms. The zero-order valence-electron chi connectivity index (χ0n) is 10.3. The predicted molar refractivity (Wildman–Crippen MR) is 67.3 cm³/mol. The van der Waals surface area contributed by atoms with Crippen LogP contribution in [0, 0.1) is 0 Å². The van der Waals surface area contributed by atoms with Crippen LogP contribution in [0.15, 0.2) is 5.16 Å². The lowest BCUT2D eigenvalue weighted by Crippen LogP contribution is -2.12. The number of carboxylic acid groups (broad SMARTS) is 1. The van der Waals surface area contributed by atoms with Gasteiger partial charge < -0.3 is 9.67 Å². The molecule has 7 nitrogen and oxygen atoms in total. The van der Waals surface area contributed by atoms with E-state index < -0.39 is 15.8 Å². The lowest BCUT2D eigenvalue weighted by Gasteiger charge is -2.12. The number of aliphatic carboxylic acids is 1. The van der Waals surface area contributed by atoms with Crippen molar-refractivity contribution in [2.24, 2.45) is 0 Å². The Labute approximate surface area is 110 Å². The smallest absolute Gasteiger partial charge is 0.313 e. The van der Waals surface area contributed by atoms with E-state index >= 15 is 0 Å². The number of carbonyl (C=O) groups is 1. The standard InChI is InChI=1S/C9H15N3O4S2/c1-6(2)12-7(5-18(3,15)16)10-11-9(12)17-4-8(13)14/h6H,4-5H2,1-3H3,(H,13,14). The summed E-state index contributed by atoms with van der Waals surface area (Å²) in [5.41, 5.74) is 0. The van der Waals surface area contributed by atoms with E-state index in [-0.39, 0.29) is 17.5 Å². The van der Waals surface area contributed by atoms with Gasteiger partial charge in [0.1, 0.15) is 11.6 Å². The van der Waals surface area contributed by atoms with Crippen LogP contribution in [0.25, 0.3) is 0 Å². The molecule has 0 aromatic carbocycles. The predicted octanol–water partition coefficient (Wildman–Crippen LogP) is 0.580. The minimum Gasteiger partial charge on any atom is -0.481 e. The Morgan fingerprint density at radius 2 is 2.06 bits per heavy atom. The van der Waals surface area contributed by atoms with Crippen molar-refractivity contribution in [3.05, 3.63) is 5.82 Å². The fourth-order valence-corrected chi connectivity index (χ4v) is 2.86. The summed E-state index contributed by atoms with van der Waals surface area (Å²) in [6, 6.07) is -0.0342. The monoisotopic (exact) mass is 293 g/mol. The molecule has 1 rings (SSSR count). The van der Waals surface area contributed by atoms with Crippen LogP contribution in [-0.4, -0.2) is 46.3 Å². The highest BCUT2D eigenvalue weighted by Crippen LogP contribution is 2.22. The highest BCUT2D eigenvalue weighted by Gasteiger charge is 2.19. The van der Waals surface area contributed by atoms with Crippen LogP contribution in [0.4, 0.5) is 0 Å². The van der Waals surface area contributed by atoms with Crippen LogP contribution < -0.4 is 0 Å². The third-order valence-electron chi connectivity index (χ3n) is 1.97. The van der Waals surface area contributed by atoms with Crippen molar-refractivity contribution in [1.82, 2.24) is 14.8 Å². The normalized spacial score (nSPS) is 12.0. The van der Waals surface area contributed by atoms with Gasteiger partial charge in [-0.25, -0.2) is 8.42 Å². The van der Waals surface area contributed by atoms with Gasteiger partial charge in [0.25, 0.3) is 0 Å². The van der Waals surface area contributed by atoms with Crippen LogP contribution >= 0.6 is 11.8 Å². The molecule has 0 saturated heterocycles. The summed E-state index contributed by atoms with van der Waals surface area (Å²) < 4.78 is 24.2. The van der Waals surface area contributed by atoms with Gasteiger partial charge in [0.2, 0.25) is 0 Å². The third-order valence-corrected chi connectivity index (χ3v) is 3.68. The van der Waals surface area contributed by atoms with E-state index in [1.54, 1.807) is 4.57 Å². The van der Waals surface area contributed by atoms with Crippen molar-refractivity contribution in [3.63, 3.8) is 0 Å². The van der Waals surface area contributed by atoms with Crippen molar-refractivity contribution in [2.75, 3.05) is 12.0 Å². The number of nitrogens with zero attached hydrogens (tertiary/aromatic N) is 3. The first-order valence-electron chi connectivity index (χ1n) is 5.17. The molecule has 1 heterocycles. The van der Waals surface area contributed by atoms with Gasteiger partial charge in [0, 0.05) is 12.3 Å². The molecular formula is C9H15N3O4S2. The number of rotatable bonds is 6. The van der Waals surface area contributed by atoms with E-state index in [1.165, 1.54) is 0 Å². The molecule has 0 atom stereocenters. The molecule has 102 valence electrons. The minimum atomic E-state index is -3.20. The van der Waals surface area contributed by atoms with Crippen LogP contribution in [0.5, 0.6) is 0 Å². The first-order valence-corrected chi connectivity index (χ1v) is 8.21. The van der Waals surface area contributed by atoms with E-state index in [0.29, 0.717) is 11.0 Å². The first kappa shape index (κ1) is 15.0. The SMILES string of the molecule is CC(C)n1c(CS(C)(=O)=O)nnc1SCC(=O)O. The molecule has 0 aliphatic rings. The number of hydrogen-bond acceptors (Lipinski definition) is 6. The Bertz CT molecular complexity index is 536. The molecule has 0 spiro atoms. The topological polar surface area (TPSA) is 102 Å². The number of aromatic nitrogens is 3. The summed E-state index contributed by atoms with van der Waals surface area (Å²) >= 11 is 1.03. The van der Waals surface area contributed by atoms with Crippen molar-refractivity contribution in [1.29, 1.82) is 0 Å². The number of sulfone groups is 1. The number of hydrogen-bond donors (Lipinski definition) is 1. The number of thioether (sulfide) groups is 1. The second kappa shape index (κ2) is 5.70. The van der Waals surface area contributed by atoms with E-state index in [2.05, 4.69) is 10.2 Å². The molecular weight excluding hydrogens is 278 g/mol. The Kier molecular flexibility index (Phi) is 4.74. The van der Waals surface area contributed by atoms with E-state index in [1.807, 2.05) is 13.8 Å². The third kappa shape index (κ3) is 4.30. The Morgan fingerprint density at radius 3 is 2.50 bits per heavy atom. The molecule has 0 amide bonds. The molecule has 0 aliphatic heterocycles. The van der Waals surface area contributed by atoms with Gasteiger partial charge in [-0.05, 0) is 13.8 Å². The van der Waals surface area contributed by atoms with Crippen molar-refractivity contribution >= 4 is 27.6 Å². The van der Waals surface area contributed by atoms with Gasteiger partial charge in [0.15, 0.2) is 15.0 Å². The molecule has 1 N–H and O–H groups in total. The molecule has 0 aliphatic carbocycles. The Morgan fingerprint density at radius 1 is 1.44 bits per heavy atom. The molecule has 1 aromatic rings. The van der Waals surface area contributed by atoms with Crippen LogP contribution in [-0.2, 0) is 20.4 Å². The van der Waals surface area contributed by atoms with Gasteiger partial charge in [-0.2, -0.15) is 0 Å². The minimum absolute atomic E-state index is 0.0342. The van der Waals surface area contributed by atoms with Gasteiger partial charge in [0.05, 0.1) is 5.75 Å². The lowest BCUT2D eigenvalue weighted by atomic mass is 10.4. The number of carboxylic acids is 1. The molecule has 1 aromatic heterocycles. The summed E-state index contributed by atoms with van der Waals surface area (Å²) in [5.74, 6) is -0.960. The second-order valence-electron chi connectivity index (χ2n) is 4.12. The average molecular weight is 293 g/mol. The molecule has 0 fully saturated rings. The van der Waals surface area contributed by atoms with Crippen LogP contribution in [0.1, 0.15) is 25.7 Å². The van der Waals surface area contributed by atoms with Gasteiger partial charge >= 0.3 is 5.97 Å². The quantitative estimate of drug-likeness (QED) is 0.765. The maximum atomic E-state index is 11.3. The first-order chi connectivity index (χ1) is 8.20. The molecule has 0 unspecified atom stereocenters. The highest BCUT2D eigenvalue weighted by molar-refractivity contribution is 7.99. The van der Waals surface area contributed by atoms with E-state index in [0.717, 1.165) is 18.0 Å². The zero-order valence-corrected chi connectivity index (χ0v) is 12.0. The Hall–Kier alpha value is -1.09. The maximum Gasteiger partial charge on any atom is 0.313 e. The summed E-state index contributed by atoms with van der Waals surface area (Å²) in [7, 11) is -3.20. The highest BCUT2D eigenvalue weighted by atomic mass is 32.2. The maximum absolute atomic E-state index is 11.3. The fraction of sp³-hybridized carbons (Fsp3) is 0.667. The summed E-state index contributed by atoms with van der Waals surface area (Å²) in [6.07, 6.45) is 1.12. The second-order valence-corrected chi connectivity index (χ2v) is 7.20. The molecule has 0 bridgehead atoms. The summed E-state index contributed by atoms with van der Waals surface area (Å²) in [4.78, 5) is 10.5. The van der Waals surface area contributed by atoms with E-state index in [4.69, 9.17) is 5.11 Å². The van der Waals surface area contributed by atoms with Gasteiger partial charge in [-0.1, -0.05) is 11.8 Å².